The lowest BCUT2D eigenvalue weighted by molar-refractivity contribution is -1.01. The Balaban J connectivity index is 1.10. The van der Waals surface area contributed by atoms with Crippen molar-refractivity contribution in [1.29, 1.82) is 0 Å². The fraction of sp³-hybridized carbons (Fsp3) is 0.379. The van der Waals surface area contributed by atoms with Crippen LogP contribution in [0.4, 0.5) is 0 Å². The molecule has 1 fully saturated rings. The molecule has 0 radical (unpaired) electrons. The minimum atomic E-state index is -0.520. The zero-order valence-corrected chi connectivity index (χ0v) is 21.0. The molecule has 2 aliphatic heterocycles. The van der Waals surface area contributed by atoms with E-state index >= 15 is 0 Å². The SMILES string of the molecule is Cc1ccc(OC[C@@H](O)C[NH+]2CC[NH+](CCN3C(=O)c4cccc5cccc(c45)C3=O)CC2)c(C)c1. The van der Waals surface area contributed by atoms with Crippen LogP contribution in [0.15, 0.2) is 54.6 Å². The van der Waals surface area contributed by atoms with Gasteiger partial charge in [0.05, 0.1) is 13.1 Å². The fourth-order valence-corrected chi connectivity index (χ4v) is 5.50. The fourth-order valence-electron chi connectivity index (χ4n) is 5.50. The number of imide groups is 1. The van der Waals surface area contributed by atoms with E-state index in [4.69, 9.17) is 4.74 Å². The molecule has 7 heteroatoms. The first-order chi connectivity index (χ1) is 17.4. The highest BCUT2D eigenvalue weighted by atomic mass is 16.5. The quantitative estimate of drug-likeness (QED) is 0.398. The predicted molar refractivity (Wildman–Crippen MR) is 138 cm³/mol. The van der Waals surface area contributed by atoms with Gasteiger partial charge in [0.1, 0.15) is 51.2 Å². The smallest absolute Gasteiger partial charge is 0.261 e. The Bertz CT molecular complexity index is 1230. The average molecular weight is 490 g/mol. The molecule has 1 saturated heterocycles. The van der Waals surface area contributed by atoms with Gasteiger partial charge in [-0.05, 0) is 43.0 Å². The minimum absolute atomic E-state index is 0.195. The molecule has 5 rings (SSSR count). The summed E-state index contributed by atoms with van der Waals surface area (Å²) in [7, 11) is 0. The molecule has 0 spiro atoms. The van der Waals surface area contributed by atoms with Crippen molar-refractivity contribution in [2.24, 2.45) is 0 Å². The predicted octanol–water partition coefficient (Wildman–Crippen LogP) is 0.276. The van der Waals surface area contributed by atoms with Crippen molar-refractivity contribution in [2.75, 3.05) is 52.4 Å². The number of hydrogen-bond acceptors (Lipinski definition) is 4. The highest BCUT2D eigenvalue weighted by molar-refractivity contribution is 6.25. The Morgan fingerprint density at radius 1 is 0.917 bits per heavy atom. The zero-order chi connectivity index (χ0) is 25.2. The van der Waals surface area contributed by atoms with Crippen LogP contribution in [-0.4, -0.2) is 80.3 Å². The van der Waals surface area contributed by atoms with Crippen LogP contribution in [-0.2, 0) is 0 Å². The molecule has 0 unspecified atom stereocenters. The molecule has 0 aliphatic carbocycles. The van der Waals surface area contributed by atoms with Crippen LogP contribution in [0.5, 0.6) is 5.75 Å². The van der Waals surface area contributed by atoms with Gasteiger partial charge in [-0.2, -0.15) is 0 Å². The summed E-state index contributed by atoms with van der Waals surface area (Å²) in [5.41, 5.74) is 3.51. The van der Waals surface area contributed by atoms with Gasteiger partial charge in [-0.15, -0.1) is 0 Å². The second kappa shape index (κ2) is 10.4. The van der Waals surface area contributed by atoms with Crippen LogP contribution in [0, 0.1) is 13.8 Å². The lowest BCUT2D eigenvalue weighted by atomic mass is 9.94. The maximum atomic E-state index is 13.1. The van der Waals surface area contributed by atoms with Crippen LogP contribution >= 0.6 is 0 Å². The Morgan fingerprint density at radius 3 is 2.19 bits per heavy atom. The van der Waals surface area contributed by atoms with Crippen molar-refractivity contribution in [3.05, 3.63) is 76.9 Å². The molecule has 3 aromatic rings. The van der Waals surface area contributed by atoms with Gasteiger partial charge in [-0.1, -0.05) is 42.0 Å². The van der Waals surface area contributed by atoms with Gasteiger partial charge >= 0.3 is 0 Å². The summed E-state index contributed by atoms with van der Waals surface area (Å²) >= 11 is 0. The lowest BCUT2D eigenvalue weighted by Crippen LogP contribution is -3.28. The molecule has 3 aromatic carbocycles. The van der Waals surface area contributed by atoms with Crippen molar-refractivity contribution >= 4 is 22.6 Å². The number of benzene rings is 3. The number of rotatable bonds is 8. The number of ether oxygens (including phenoxy) is 1. The van der Waals surface area contributed by atoms with Crippen molar-refractivity contribution in [2.45, 2.75) is 20.0 Å². The number of aliphatic hydroxyl groups excluding tert-OH is 1. The Morgan fingerprint density at radius 2 is 1.56 bits per heavy atom. The normalized spacial score (nSPS) is 20.6. The first-order valence-corrected chi connectivity index (χ1v) is 12.8. The van der Waals surface area contributed by atoms with Gasteiger partial charge < -0.3 is 19.6 Å². The van der Waals surface area contributed by atoms with Crippen LogP contribution in [0.25, 0.3) is 10.8 Å². The Kier molecular flexibility index (Phi) is 7.05. The van der Waals surface area contributed by atoms with E-state index in [2.05, 4.69) is 13.0 Å². The standard InChI is InChI=1S/C29H33N3O4/c1-20-9-10-26(21(2)17-20)36-19-23(33)18-31-13-11-30(12-14-31)15-16-32-28(34)24-7-3-5-22-6-4-8-25(27(22)24)29(32)35/h3-10,17,23,33H,11-16,18-19H2,1-2H3/p+2/t23-/m0/s1. The summed E-state index contributed by atoms with van der Waals surface area (Å²) < 4.78 is 5.85. The first-order valence-electron chi connectivity index (χ1n) is 12.8. The van der Waals surface area contributed by atoms with Gasteiger partial charge in [0.2, 0.25) is 0 Å². The number of quaternary nitrogens is 2. The van der Waals surface area contributed by atoms with E-state index in [9.17, 15) is 14.7 Å². The second-order valence-electron chi connectivity index (χ2n) is 10.2. The van der Waals surface area contributed by atoms with E-state index in [-0.39, 0.29) is 18.4 Å². The number of nitrogens with one attached hydrogen (secondary N) is 2. The highest BCUT2D eigenvalue weighted by Crippen LogP contribution is 2.29. The van der Waals surface area contributed by atoms with Crippen molar-refractivity contribution < 1.29 is 29.2 Å². The van der Waals surface area contributed by atoms with Crippen molar-refractivity contribution in [3.8, 4) is 5.75 Å². The summed E-state index contributed by atoms with van der Waals surface area (Å²) in [4.78, 5) is 30.4. The molecule has 7 nitrogen and oxygen atoms in total. The maximum absolute atomic E-state index is 13.1. The molecule has 2 amide bonds. The number of hydrogen-bond donors (Lipinski definition) is 3. The van der Waals surface area contributed by atoms with E-state index < -0.39 is 6.10 Å². The molecule has 1 atom stereocenters. The van der Waals surface area contributed by atoms with Crippen LogP contribution in [0.2, 0.25) is 0 Å². The number of aliphatic hydroxyl groups is 1. The first kappa shape index (κ1) is 24.4. The summed E-state index contributed by atoms with van der Waals surface area (Å²) in [6.07, 6.45) is -0.520. The Labute approximate surface area is 211 Å². The molecule has 188 valence electrons. The molecule has 36 heavy (non-hydrogen) atoms. The van der Waals surface area contributed by atoms with E-state index in [1.807, 2.05) is 55.5 Å². The highest BCUT2D eigenvalue weighted by Gasteiger charge is 2.34. The van der Waals surface area contributed by atoms with Gasteiger partial charge in [0.25, 0.3) is 11.8 Å². The van der Waals surface area contributed by atoms with E-state index in [1.165, 1.54) is 20.3 Å². The van der Waals surface area contributed by atoms with Gasteiger partial charge in [-0.3, -0.25) is 14.5 Å². The number of aryl methyl sites for hydroxylation is 2. The number of amides is 2. The summed E-state index contributed by atoms with van der Waals surface area (Å²) in [5.74, 6) is 0.435. The molecule has 2 aliphatic rings. The molecule has 0 saturated carbocycles. The van der Waals surface area contributed by atoms with E-state index in [0.717, 1.165) is 54.8 Å². The topological polar surface area (TPSA) is 75.7 Å². The van der Waals surface area contributed by atoms with Gasteiger partial charge in [0, 0.05) is 16.5 Å². The second-order valence-corrected chi connectivity index (χ2v) is 10.2. The Hall–Kier alpha value is -3.26. The van der Waals surface area contributed by atoms with Gasteiger partial charge in [-0.25, -0.2) is 0 Å². The monoisotopic (exact) mass is 489 g/mol. The zero-order valence-electron chi connectivity index (χ0n) is 21.0. The number of piperazine rings is 1. The van der Waals surface area contributed by atoms with Crippen molar-refractivity contribution in [1.82, 2.24) is 4.90 Å². The van der Waals surface area contributed by atoms with Crippen LogP contribution in [0.1, 0.15) is 31.8 Å². The third-order valence-corrected chi connectivity index (χ3v) is 7.49. The molecular weight excluding hydrogens is 454 g/mol. The average Bonchev–Trinajstić information content (AvgIpc) is 2.87. The lowest BCUT2D eigenvalue weighted by Gasteiger charge is -2.32. The van der Waals surface area contributed by atoms with Crippen LogP contribution in [0.3, 0.4) is 0 Å². The summed E-state index contributed by atoms with van der Waals surface area (Å²) in [6, 6.07) is 17.3. The van der Waals surface area contributed by atoms with Gasteiger partial charge in [0.15, 0.2) is 0 Å². The number of nitrogens with zero attached hydrogens (tertiary/aromatic N) is 1. The number of carbonyl (C=O) groups excluding carboxylic acids is 2. The molecule has 3 N–H and O–H groups in total. The molecular formula is C29H35N3O4+2. The third-order valence-electron chi connectivity index (χ3n) is 7.49. The summed E-state index contributed by atoms with van der Waals surface area (Å²) in [5, 5.41) is 12.2. The van der Waals surface area contributed by atoms with E-state index in [0.29, 0.717) is 24.2 Å². The van der Waals surface area contributed by atoms with Crippen molar-refractivity contribution in [3.63, 3.8) is 0 Å². The maximum Gasteiger partial charge on any atom is 0.261 e. The van der Waals surface area contributed by atoms with Crippen LogP contribution < -0.4 is 14.5 Å². The number of carbonyl (C=O) groups is 2. The summed E-state index contributed by atoms with van der Waals surface area (Å²) in [6.45, 7) is 9.95. The molecule has 0 bridgehead atoms. The third kappa shape index (κ3) is 5.00. The van der Waals surface area contributed by atoms with E-state index in [1.54, 1.807) is 0 Å². The molecule has 2 heterocycles. The minimum Gasteiger partial charge on any atom is -0.490 e. The largest absolute Gasteiger partial charge is 0.490 e. The molecule has 0 aromatic heterocycles.